The average molecular weight is 464 g/mol. The molecule has 19 heteroatoms. The van der Waals surface area contributed by atoms with Crippen molar-refractivity contribution in [2.24, 2.45) is 0 Å². The van der Waals surface area contributed by atoms with Crippen molar-refractivity contribution in [1.82, 2.24) is 14.4 Å². The Morgan fingerprint density at radius 1 is 1.29 bits per heavy atom. The minimum absolute atomic E-state index is 0.191. The summed E-state index contributed by atoms with van der Waals surface area (Å²) in [4.78, 5) is 66.9. The van der Waals surface area contributed by atoms with E-state index in [1.807, 2.05) is 4.98 Å². The number of hydrogen-bond donors (Lipinski definition) is 4. The van der Waals surface area contributed by atoms with Crippen molar-refractivity contribution in [2.75, 3.05) is 6.61 Å². The second-order valence-corrected chi connectivity index (χ2v) is 10.0. The summed E-state index contributed by atoms with van der Waals surface area (Å²) in [6, 6.07) is 1.01. The second kappa shape index (κ2) is 8.40. The molecule has 160 valence electrons. The van der Waals surface area contributed by atoms with Crippen molar-refractivity contribution < 1.29 is 51.9 Å². The molecule has 0 bridgehead atoms. The Balaban J connectivity index is 1.99. The van der Waals surface area contributed by atoms with Crippen LogP contribution in [0.1, 0.15) is 12.6 Å². The van der Waals surface area contributed by atoms with Crippen LogP contribution in [-0.2, 0) is 27.3 Å². The summed E-state index contributed by atoms with van der Waals surface area (Å²) in [6.45, 7) is -0.919. The molecule has 6 atom stereocenters. The molecule has 0 amide bonds. The molecule has 1 aromatic heterocycles. The Kier molecular flexibility index (Phi) is 6.99. The summed E-state index contributed by atoms with van der Waals surface area (Å²) >= 11 is 0. The van der Waals surface area contributed by atoms with Crippen molar-refractivity contribution in [2.45, 2.75) is 24.9 Å². The number of aliphatic hydroxyl groups is 1. The Morgan fingerprint density at radius 3 is 2.50 bits per heavy atom. The van der Waals surface area contributed by atoms with E-state index in [1.54, 1.807) is 0 Å². The molecule has 1 aliphatic rings. The number of rotatable bonds is 8. The van der Waals surface area contributed by atoms with Crippen LogP contribution in [0.15, 0.2) is 21.9 Å². The van der Waals surface area contributed by atoms with Crippen LogP contribution >= 0.6 is 23.3 Å². The van der Waals surface area contributed by atoms with Crippen molar-refractivity contribution in [1.29, 1.82) is 0 Å². The third kappa shape index (κ3) is 6.81. The smallest absolute Gasteiger partial charge is 0.330 e. The number of H-pyrrole nitrogens is 1. The van der Waals surface area contributed by atoms with Gasteiger partial charge in [-0.15, -0.1) is 0 Å². The monoisotopic (exact) mass is 464 g/mol. The van der Waals surface area contributed by atoms with Crippen LogP contribution in [0.3, 0.4) is 0 Å². The molecule has 1 aliphatic heterocycles. The molecule has 16 nitrogen and oxygen atoms in total. The third-order valence-corrected chi connectivity index (χ3v) is 7.36. The zero-order chi connectivity index (χ0) is 21.3. The number of phosphoric acid groups is 1. The van der Waals surface area contributed by atoms with Crippen molar-refractivity contribution in [3.63, 3.8) is 0 Å². The van der Waals surface area contributed by atoms with Crippen LogP contribution in [0, 0.1) is 0 Å². The van der Waals surface area contributed by atoms with E-state index >= 15 is 0 Å². The summed E-state index contributed by atoms with van der Waals surface area (Å²) in [6.07, 6.45) is -2.85. The molecule has 4 unspecified atom stereocenters. The van der Waals surface area contributed by atoms with E-state index in [2.05, 4.69) is 8.83 Å². The molecule has 1 fully saturated rings. The molecule has 28 heavy (non-hydrogen) atoms. The molecule has 2 rings (SSSR count). The molecule has 1 aromatic rings. The predicted molar refractivity (Wildman–Crippen MR) is 81.1 cm³/mol. The summed E-state index contributed by atoms with van der Waals surface area (Å²) in [5.74, 6) is 0. The largest absolute Gasteiger partial charge is 0.766 e. The molecule has 0 radical (unpaired) electrons. The van der Waals surface area contributed by atoms with Gasteiger partial charge in [0.2, 0.25) is 15.5 Å². The maximum atomic E-state index is 11.7. The fourth-order valence-corrected chi connectivity index (χ4v) is 5.53. The van der Waals surface area contributed by atoms with Gasteiger partial charge in [-0.2, -0.15) is 4.86 Å². The van der Waals surface area contributed by atoms with Crippen molar-refractivity contribution in [3.8, 4) is 0 Å². The normalized spacial score (nSPS) is 29.0. The van der Waals surface area contributed by atoms with Gasteiger partial charge in [-0.25, -0.2) is 4.79 Å². The third-order valence-electron chi connectivity index (χ3n) is 3.23. The van der Waals surface area contributed by atoms with Crippen LogP contribution in [0.5, 0.6) is 0 Å². The second-order valence-electron chi connectivity index (χ2n) is 5.39. The van der Waals surface area contributed by atoms with E-state index in [0.717, 1.165) is 21.7 Å². The lowest BCUT2D eigenvalue weighted by Crippen LogP contribution is -2.32. The van der Waals surface area contributed by atoms with E-state index in [0.29, 0.717) is 0 Å². The maximum absolute atomic E-state index is 11.7. The van der Waals surface area contributed by atoms with Crippen LogP contribution in [0.25, 0.3) is 0 Å². The Morgan fingerprint density at radius 2 is 1.93 bits per heavy atom. The topological polar surface area (TPSA) is 255 Å². The number of ether oxygens (including phenoxy) is 1. The fraction of sp³-hybridized carbons (Fsp3) is 0.556. The standard InChI is InChI=1S/C9H16N3O13P3/c13-5-3-8(12-2-1-7(14)10-9(12)15)24-6(5)4-23-26(16,17)11-27(18,19)25-28(20,21)22/h1-2,5-6,8,13H,3-4H2,(H,10,14,15)(H2,20,21,22)(H3,11,16,17,18,19)/p-3/t5?,6-,8-/m1/s1. The highest BCUT2D eigenvalue weighted by Crippen LogP contribution is 2.54. The molecule has 2 heterocycles. The minimum atomic E-state index is -5.80. The Bertz CT molecular complexity index is 968. The lowest BCUT2D eigenvalue weighted by molar-refractivity contribution is -0.230. The molecule has 4 N–H and O–H groups in total. The lowest BCUT2D eigenvalue weighted by Gasteiger charge is -2.34. The van der Waals surface area contributed by atoms with Gasteiger partial charge in [-0.3, -0.25) is 32.4 Å². The number of aromatic nitrogens is 2. The summed E-state index contributed by atoms with van der Waals surface area (Å²) < 4.78 is 46.8. The SMILES string of the molecule is O=c1ccn([C@H]2CC(O)[C@@H](COP(=O)([O-])NP(=O)([O-])OP(=O)([O-])O)O2)c(=O)[nH]1. The number of aliphatic hydroxyl groups excluding tert-OH is 1. The average Bonchev–Trinajstić information content (AvgIpc) is 2.82. The van der Waals surface area contributed by atoms with Crippen molar-refractivity contribution in [3.05, 3.63) is 33.1 Å². The van der Waals surface area contributed by atoms with Gasteiger partial charge in [-0.1, -0.05) is 0 Å². The molecule has 0 saturated carbocycles. The molecule has 0 aliphatic carbocycles. The van der Waals surface area contributed by atoms with Crippen LogP contribution in [-0.4, -0.2) is 38.4 Å². The van der Waals surface area contributed by atoms with E-state index < -0.39 is 59.6 Å². The van der Waals surface area contributed by atoms with Gasteiger partial charge in [0.05, 0.1) is 12.7 Å². The van der Waals surface area contributed by atoms with E-state index in [1.165, 1.54) is 0 Å². The summed E-state index contributed by atoms with van der Waals surface area (Å²) in [7, 11) is -17.1. The zero-order valence-electron chi connectivity index (χ0n) is 13.5. The van der Waals surface area contributed by atoms with E-state index in [-0.39, 0.29) is 6.42 Å². The van der Waals surface area contributed by atoms with E-state index in [9.17, 15) is 43.1 Å². The summed E-state index contributed by atoms with van der Waals surface area (Å²) in [5.41, 5.74) is -1.52. The van der Waals surface area contributed by atoms with Crippen LogP contribution in [0.4, 0.5) is 0 Å². The highest BCUT2D eigenvalue weighted by molar-refractivity contribution is 7.69. The zero-order valence-corrected chi connectivity index (χ0v) is 16.2. The molecule has 0 spiro atoms. The number of hydrogen-bond acceptors (Lipinski definition) is 12. The maximum Gasteiger partial charge on any atom is 0.330 e. The Hall–Kier alpha value is -0.990. The van der Waals surface area contributed by atoms with E-state index in [4.69, 9.17) is 9.63 Å². The highest BCUT2D eigenvalue weighted by atomic mass is 31.3. The fourth-order valence-electron chi connectivity index (χ4n) is 2.19. The van der Waals surface area contributed by atoms with Gasteiger partial charge < -0.3 is 33.9 Å². The first-order valence-corrected chi connectivity index (χ1v) is 11.7. The number of nitrogens with zero attached hydrogens (tertiary/aromatic N) is 1. The van der Waals surface area contributed by atoms with Gasteiger partial charge in [-0.05, 0) is 0 Å². The van der Waals surface area contributed by atoms with Gasteiger partial charge in [0.25, 0.3) is 13.4 Å². The number of aromatic amines is 1. The Labute approximate surface area is 155 Å². The van der Waals surface area contributed by atoms with Crippen molar-refractivity contribution >= 4 is 23.3 Å². The first-order valence-electron chi connectivity index (χ1n) is 7.14. The van der Waals surface area contributed by atoms with Gasteiger partial charge in [0.1, 0.15) is 12.3 Å². The first kappa shape index (κ1) is 23.3. The molecular formula is C9H13N3O13P3-3. The first-order chi connectivity index (χ1) is 12.7. The molecule has 1 saturated heterocycles. The predicted octanol–water partition coefficient (Wildman–Crippen LogP) is -3.79. The lowest BCUT2D eigenvalue weighted by atomic mass is 10.2. The van der Waals surface area contributed by atoms with Crippen LogP contribution in [0.2, 0.25) is 0 Å². The number of nitrogens with one attached hydrogen (secondary N) is 2. The summed E-state index contributed by atoms with van der Waals surface area (Å²) in [5, 5.41) is 9.89. The van der Waals surface area contributed by atoms with Crippen LogP contribution < -0.4 is 30.8 Å². The molecular weight excluding hydrogens is 451 g/mol. The van der Waals surface area contributed by atoms with Gasteiger partial charge in [0.15, 0.2) is 0 Å². The van der Waals surface area contributed by atoms with Gasteiger partial charge >= 0.3 is 5.69 Å². The minimum Gasteiger partial charge on any atom is -0.766 e. The highest BCUT2D eigenvalue weighted by Gasteiger charge is 2.36. The quantitative estimate of drug-likeness (QED) is 0.269. The molecule has 0 aromatic carbocycles. The van der Waals surface area contributed by atoms with Gasteiger partial charge in [0, 0.05) is 18.7 Å².